The highest BCUT2D eigenvalue weighted by Gasteiger charge is 2.27. The Bertz CT molecular complexity index is 1990. The number of aromatic nitrogens is 5. The first-order valence-corrected chi connectivity index (χ1v) is 16.0. The third-order valence-electron chi connectivity index (χ3n) is 8.29. The molecular formula is C35H35ClN8O5. The minimum absolute atomic E-state index is 0.00442. The van der Waals surface area contributed by atoms with Crippen LogP contribution in [0.5, 0.6) is 5.75 Å². The van der Waals surface area contributed by atoms with E-state index >= 15 is 0 Å². The number of benzene rings is 3. The highest BCUT2D eigenvalue weighted by Crippen LogP contribution is 2.32. The number of halogens is 1. The molecule has 0 bridgehead atoms. The molecule has 2 aromatic heterocycles. The van der Waals surface area contributed by atoms with E-state index in [1.54, 1.807) is 59.2 Å². The average Bonchev–Trinajstić information content (AvgIpc) is 3.71. The minimum Gasteiger partial charge on any atom is -0.467 e. The van der Waals surface area contributed by atoms with E-state index in [0.717, 1.165) is 23.1 Å². The Morgan fingerprint density at radius 2 is 1.69 bits per heavy atom. The molecule has 1 aliphatic rings. The predicted octanol–water partition coefficient (Wildman–Crippen LogP) is 4.34. The summed E-state index contributed by atoms with van der Waals surface area (Å²) in [5.74, 6) is 0.0859. The van der Waals surface area contributed by atoms with E-state index in [1.807, 2.05) is 37.4 Å². The predicted molar refractivity (Wildman–Crippen MR) is 183 cm³/mol. The zero-order valence-electron chi connectivity index (χ0n) is 27.2. The van der Waals surface area contributed by atoms with Gasteiger partial charge in [-0.3, -0.25) is 19.1 Å². The van der Waals surface area contributed by atoms with Crippen molar-refractivity contribution in [1.82, 2.24) is 34.8 Å². The Morgan fingerprint density at radius 3 is 2.35 bits per heavy atom. The van der Waals surface area contributed by atoms with E-state index in [-0.39, 0.29) is 19.1 Å². The molecule has 49 heavy (non-hydrogen) atoms. The number of ether oxygens (including phenoxy) is 2. The Morgan fingerprint density at radius 1 is 0.959 bits per heavy atom. The fraction of sp³-hybridized carbons (Fsp3) is 0.257. The molecule has 1 unspecified atom stereocenters. The maximum atomic E-state index is 13.8. The SMILES string of the molecule is COCOc1ccc(-c2ccc(Cl)c(CC(NC(=O)c3ccnn3C)C(=O)Nc3ccc(-c4nncn4C)cc3)c2)cc1C(=O)N1CCC1. The van der Waals surface area contributed by atoms with Gasteiger partial charge in [0.15, 0.2) is 12.6 Å². The molecule has 14 heteroatoms. The Labute approximate surface area is 287 Å². The number of carbonyl (C=O) groups is 3. The lowest BCUT2D eigenvalue weighted by Gasteiger charge is -2.31. The van der Waals surface area contributed by atoms with Crippen LogP contribution in [0.2, 0.25) is 5.02 Å². The number of hydrogen-bond acceptors (Lipinski definition) is 8. The second kappa shape index (κ2) is 14.7. The number of amides is 3. The van der Waals surface area contributed by atoms with E-state index in [4.69, 9.17) is 21.1 Å². The zero-order valence-corrected chi connectivity index (χ0v) is 28.0. The van der Waals surface area contributed by atoms with Crippen molar-refractivity contribution < 1.29 is 23.9 Å². The molecule has 0 spiro atoms. The summed E-state index contributed by atoms with van der Waals surface area (Å²) in [7, 11) is 5.01. The number of likely N-dealkylation sites (tertiary alicyclic amines) is 1. The molecule has 1 aliphatic heterocycles. The van der Waals surface area contributed by atoms with Crippen LogP contribution in [0, 0.1) is 0 Å². The van der Waals surface area contributed by atoms with Crippen LogP contribution in [-0.4, -0.2) is 80.2 Å². The van der Waals surface area contributed by atoms with Gasteiger partial charge in [0.2, 0.25) is 5.91 Å². The fourth-order valence-electron chi connectivity index (χ4n) is 5.46. The van der Waals surface area contributed by atoms with Gasteiger partial charge in [0.1, 0.15) is 23.8 Å². The van der Waals surface area contributed by atoms with Crippen LogP contribution in [0.15, 0.2) is 79.3 Å². The first-order chi connectivity index (χ1) is 23.7. The second-order valence-electron chi connectivity index (χ2n) is 11.6. The molecule has 1 fully saturated rings. The molecule has 0 saturated carbocycles. The van der Waals surface area contributed by atoms with Crippen molar-refractivity contribution in [2.24, 2.45) is 14.1 Å². The number of nitrogens with one attached hydrogen (secondary N) is 2. The highest BCUT2D eigenvalue weighted by molar-refractivity contribution is 6.31. The van der Waals surface area contributed by atoms with Gasteiger partial charge in [0.25, 0.3) is 11.8 Å². The quantitative estimate of drug-likeness (QED) is 0.185. The fourth-order valence-corrected chi connectivity index (χ4v) is 5.65. The smallest absolute Gasteiger partial charge is 0.270 e. The van der Waals surface area contributed by atoms with Crippen molar-refractivity contribution in [2.45, 2.75) is 18.9 Å². The summed E-state index contributed by atoms with van der Waals surface area (Å²) in [5.41, 5.74) is 4.23. The van der Waals surface area contributed by atoms with Gasteiger partial charge < -0.3 is 29.6 Å². The maximum absolute atomic E-state index is 13.8. The van der Waals surface area contributed by atoms with Gasteiger partial charge >= 0.3 is 0 Å². The third-order valence-corrected chi connectivity index (χ3v) is 8.65. The van der Waals surface area contributed by atoms with E-state index < -0.39 is 17.9 Å². The summed E-state index contributed by atoms with van der Waals surface area (Å²) in [5, 5.41) is 18.3. The zero-order chi connectivity index (χ0) is 34.5. The minimum atomic E-state index is -1.01. The van der Waals surface area contributed by atoms with Crippen LogP contribution in [0.4, 0.5) is 5.69 Å². The van der Waals surface area contributed by atoms with Gasteiger partial charge in [-0.25, -0.2) is 0 Å². The number of hydrogen-bond donors (Lipinski definition) is 2. The monoisotopic (exact) mass is 682 g/mol. The van der Waals surface area contributed by atoms with Crippen molar-refractivity contribution in [3.05, 3.63) is 101 Å². The molecule has 252 valence electrons. The normalized spacial score (nSPS) is 13.0. The summed E-state index contributed by atoms with van der Waals surface area (Å²) >= 11 is 6.70. The van der Waals surface area contributed by atoms with Crippen LogP contribution >= 0.6 is 11.6 Å². The molecule has 3 heterocycles. The molecule has 5 aromatic rings. The lowest BCUT2D eigenvalue weighted by molar-refractivity contribution is -0.118. The Balaban J connectivity index is 1.27. The molecule has 1 atom stereocenters. The highest BCUT2D eigenvalue weighted by atomic mass is 35.5. The van der Waals surface area contributed by atoms with E-state index in [2.05, 4.69) is 25.9 Å². The average molecular weight is 683 g/mol. The van der Waals surface area contributed by atoms with Gasteiger partial charge in [-0.2, -0.15) is 5.10 Å². The molecule has 2 N–H and O–H groups in total. The van der Waals surface area contributed by atoms with E-state index in [0.29, 0.717) is 52.2 Å². The molecule has 0 radical (unpaired) electrons. The summed E-state index contributed by atoms with van der Waals surface area (Å²) in [6.07, 6.45) is 4.16. The molecule has 3 amide bonds. The lowest BCUT2D eigenvalue weighted by atomic mass is 9.96. The molecule has 3 aromatic carbocycles. The molecule has 13 nitrogen and oxygen atoms in total. The third kappa shape index (κ3) is 7.47. The van der Waals surface area contributed by atoms with E-state index in [1.165, 1.54) is 18.0 Å². The Hall–Kier alpha value is -5.53. The van der Waals surface area contributed by atoms with Crippen molar-refractivity contribution in [2.75, 3.05) is 32.3 Å². The number of carbonyl (C=O) groups excluding carboxylic acids is 3. The van der Waals surface area contributed by atoms with Gasteiger partial charge in [-0.15, -0.1) is 10.2 Å². The molecule has 1 saturated heterocycles. The number of anilines is 1. The first kappa shape index (κ1) is 33.4. The van der Waals surface area contributed by atoms with Crippen LogP contribution in [-0.2, 0) is 30.0 Å². The van der Waals surface area contributed by atoms with Gasteiger partial charge in [-0.1, -0.05) is 23.7 Å². The molecule has 0 aliphatic carbocycles. The van der Waals surface area contributed by atoms with Gasteiger partial charge in [0, 0.05) is 63.2 Å². The van der Waals surface area contributed by atoms with Crippen molar-refractivity contribution in [3.63, 3.8) is 0 Å². The second-order valence-corrected chi connectivity index (χ2v) is 12.0. The number of methoxy groups -OCH3 is 1. The number of rotatable bonds is 12. The van der Waals surface area contributed by atoms with Crippen LogP contribution < -0.4 is 15.4 Å². The standard InChI is InChI=1S/C35H35ClN8O5/c1-42-20-37-41-32(42)22-5-9-26(10-6-22)39-33(45)29(40-34(46)30-13-14-38-43(30)2)19-25-17-23(7-11-28(25)36)24-8-12-31(49-21-48-3)27(18-24)35(47)44-15-4-16-44/h5-14,17-18,20,29H,4,15-16,19,21H2,1-3H3,(H,39,45)(H,40,46). The van der Waals surface area contributed by atoms with Crippen LogP contribution in [0.3, 0.4) is 0 Å². The van der Waals surface area contributed by atoms with Crippen molar-refractivity contribution >= 4 is 35.0 Å². The summed E-state index contributed by atoms with van der Waals surface area (Å²) < 4.78 is 14.0. The van der Waals surface area contributed by atoms with Crippen molar-refractivity contribution in [3.8, 4) is 28.3 Å². The summed E-state index contributed by atoms with van der Waals surface area (Å²) in [6, 6.07) is 18.6. The summed E-state index contributed by atoms with van der Waals surface area (Å²) in [4.78, 5) is 42.2. The van der Waals surface area contributed by atoms with Gasteiger partial charge in [-0.05, 0) is 77.7 Å². The molecule has 6 rings (SSSR count). The summed E-state index contributed by atoms with van der Waals surface area (Å²) in [6.45, 7) is 1.39. The molecular weight excluding hydrogens is 648 g/mol. The number of aryl methyl sites for hydroxylation is 2. The van der Waals surface area contributed by atoms with Crippen molar-refractivity contribution in [1.29, 1.82) is 0 Å². The first-order valence-electron chi connectivity index (χ1n) is 15.6. The lowest BCUT2D eigenvalue weighted by Crippen LogP contribution is -2.45. The van der Waals surface area contributed by atoms with Gasteiger partial charge in [0.05, 0.1) is 5.56 Å². The largest absolute Gasteiger partial charge is 0.467 e. The Kier molecular flexibility index (Phi) is 10.0. The van der Waals surface area contributed by atoms with Crippen LogP contribution in [0.25, 0.3) is 22.5 Å². The van der Waals surface area contributed by atoms with Crippen LogP contribution in [0.1, 0.15) is 32.8 Å². The topological polar surface area (TPSA) is 146 Å². The number of nitrogens with zero attached hydrogens (tertiary/aromatic N) is 6. The van der Waals surface area contributed by atoms with E-state index in [9.17, 15) is 14.4 Å². The maximum Gasteiger partial charge on any atom is 0.270 e.